The Bertz CT molecular complexity index is 502. The third-order valence-corrected chi connectivity index (χ3v) is 3.10. The maximum Gasteiger partial charge on any atom is 0.120 e. The molecule has 1 aromatic heterocycles. The van der Waals surface area contributed by atoms with Gasteiger partial charge in [0.15, 0.2) is 0 Å². The minimum Gasteiger partial charge on any atom is -0.497 e. The molecule has 0 radical (unpaired) electrons. The largest absolute Gasteiger partial charge is 0.497 e. The lowest BCUT2D eigenvalue weighted by molar-refractivity contribution is 0.415. The number of nitrogens with one attached hydrogen (secondary N) is 1. The number of likely N-dealkylation sites (N-methyl/N-ethyl adjacent to an activating group) is 1. The van der Waals surface area contributed by atoms with E-state index in [0.717, 1.165) is 25.3 Å². The number of nitrogens with zero attached hydrogens (tertiary/aromatic N) is 1. The Morgan fingerprint density at radius 2 is 2.18 bits per heavy atom. The van der Waals surface area contributed by atoms with Crippen molar-refractivity contribution in [2.24, 2.45) is 7.05 Å². The van der Waals surface area contributed by atoms with Crippen molar-refractivity contribution >= 4 is 10.9 Å². The molecule has 2 aromatic rings. The summed E-state index contributed by atoms with van der Waals surface area (Å²) in [6.45, 7) is 4.19. The Balaban J connectivity index is 2.31. The van der Waals surface area contributed by atoms with Gasteiger partial charge in [-0.3, -0.25) is 0 Å². The molecule has 0 saturated carbocycles. The van der Waals surface area contributed by atoms with Gasteiger partial charge in [-0.25, -0.2) is 0 Å². The average molecular weight is 232 g/mol. The molecule has 0 aliphatic rings. The molecule has 0 bridgehead atoms. The van der Waals surface area contributed by atoms with Crippen LogP contribution in [0.15, 0.2) is 24.4 Å². The molecule has 0 spiro atoms. The standard InChI is InChI=1S/C14H20N2O/c1-4-15-8-7-11-10-16(2)14-9-12(17-3)5-6-13(11)14/h5-6,9-10,15H,4,7-8H2,1-3H3. The van der Waals surface area contributed by atoms with Crippen LogP contribution in [0.3, 0.4) is 0 Å². The molecule has 0 saturated heterocycles. The van der Waals surface area contributed by atoms with Gasteiger partial charge in [0.1, 0.15) is 5.75 Å². The third kappa shape index (κ3) is 2.44. The van der Waals surface area contributed by atoms with Crippen LogP contribution in [-0.2, 0) is 13.5 Å². The highest BCUT2D eigenvalue weighted by atomic mass is 16.5. The van der Waals surface area contributed by atoms with Crippen LogP contribution in [0.25, 0.3) is 10.9 Å². The van der Waals surface area contributed by atoms with Crippen LogP contribution in [0.1, 0.15) is 12.5 Å². The second-order valence-electron chi connectivity index (χ2n) is 4.25. The fourth-order valence-electron chi connectivity index (χ4n) is 2.17. The normalized spacial score (nSPS) is 11.0. The van der Waals surface area contributed by atoms with Crippen molar-refractivity contribution in [3.63, 3.8) is 0 Å². The number of aryl methyl sites for hydroxylation is 1. The van der Waals surface area contributed by atoms with Gasteiger partial charge < -0.3 is 14.6 Å². The maximum absolute atomic E-state index is 5.26. The molecule has 3 nitrogen and oxygen atoms in total. The van der Waals surface area contributed by atoms with Crippen LogP contribution in [-0.4, -0.2) is 24.8 Å². The summed E-state index contributed by atoms with van der Waals surface area (Å²) in [5.74, 6) is 0.914. The highest BCUT2D eigenvalue weighted by molar-refractivity contribution is 5.85. The zero-order valence-corrected chi connectivity index (χ0v) is 10.8. The fraction of sp³-hybridized carbons (Fsp3) is 0.429. The quantitative estimate of drug-likeness (QED) is 0.801. The predicted octanol–water partition coefficient (Wildman–Crippen LogP) is 2.34. The first-order valence-corrected chi connectivity index (χ1v) is 6.09. The minimum absolute atomic E-state index is 0.914. The first-order valence-electron chi connectivity index (χ1n) is 6.09. The summed E-state index contributed by atoms with van der Waals surface area (Å²) in [5, 5.41) is 4.68. The molecule has 0 atom stereocenters. The van der Waals surface area contributed by atoms with Crippen molar-refractivity contribution in [3.05, 3.63) is 30.0 Å². The summed E-state index contributed by atoms with van der Waals surface area (Å²) < 4.78 is 7.43. The van der Waals surface area contributed by atoms with E-state index in [4.69, 9.17) is 4.74 Å². The third-order valence-electron chi connectivity index (χ3n) is 3.10. The van der Waals surface area contributed by atoms with Crippen LogP contribution in [0, 0.1) is 0 Å². The number of hydrogen-bond acceptors (Lipinski definition) is 2. The Morgan fingerprint density at radius 3 is 2.88 bits per heavy atom. The van der Waals surface area contributed by atoms with Crippen molar-refractivity contribution in [3.8, 4) is 5.75 Å². The van der Waals surface area contributed by atoms with E-state index in [2.05, 4.69) is 42.2 Å². The van der Waals surface area contributed by atoms with Crippen LogP contribution in [0.4, 0.5) is 0 Å². The van der Waals surface area contributed by atoms with Gasteiger partial charge in [0.05, 0.1) is 12.6 Å². The summed E-state index contributed by atoms with van der Waals surface area (Å²) in [5.41, 5.74) is 2.63. The molecule has 3 heteroatoms. The SMILES string of the molecule is CCNCCc1cn(C)c2cc(OC)ccc12. The highest BCUT2D eigenvalue weighted by Crippen LogP contribution is 2.25. The molecule has 1 heterocycles. The van der Waals surface area contributed by atoms with Gasteiger partial charge in [0, 0.05) is 24.7 Å². The Labute approximate surface area is 102 Å². The zero-order chi connectivity index (χ0) is 12.3. The van der Waals surface area contributed by atoms with Gasteiger partial charge in [0.25, 0.3) is 0 Å². The average Bonchev–Trinajstić information content (AvgIpc) is 2.66. The number of ether oxygens (including phenoxy) is 1. The monoisotopic (exact) mass is 232 g/mol. The molecule has 0 amide bonds. The molecule has 0 unspecified atom stereocenters. The van der Waals surface area contributed by atoms with E-state index in [0.29, 0.717) is 0 Å². The molecule has 1 N–H and O–H groups in total. The van der Waals surface area contributed by atoms with Crippen LogP contribution < -0.4 is 10.1 Å². The second kappa shape index (κ2) is 5.23. The minimum atomic E-state index is 0.914. The second-order valence-corrected chi connectivity index (χ2v) is 4.25. The first-order chi connectivity index (χ1) is 8.26. The number of aromatic nitrogens is 1. The number of benzene rings is 1. The van der Waals surface area contributed by atoms with Crippen LogP contribution in [0.2, 0.25) is 0 Å². The summed E-state index contributed by atoms with van der Waals surface area (Å²) >= 11 is 0. The van der Waals surface area contributed by atoms with Crippen LogP contribution in [0.5, 0.6) is 5.75 Å². The van der Waals surface area contributed by atoms with E-state index in [-0.39, 0.29) is 0 Å². The van der Waals surface area contributed by atoms with E-state index in [1.165, 1.54) is 16.5 Å². The molecular formula is C14H20N2O. The Hall–Kier alpha value is -1.48. The maximum atomic E-state index is 5.26. The summed E-state index contributed by atoms with van der Waals surface area (Å²) in [4.78, 5) is 0. The topological polar surface area (TPSA) is 26.2 Å². The molecule has 0 aliphatic heterocycles. The zero-order valence-electron chi connectivity index (χ0n) is 10.8. The van der Waals surface area contributed by atoms with E-state index < -0.39 is 0 Å². The van der Waals surface area contributed by atoms with Gasteiger partial charge in [-0.05, 0) is 37.2 Å². The van der Waals surface area contributed by atoms with Gasteiger partial charge in [0.2, 0.25) is 0 Å². The summed E-state index contributed by atoms with van der Waals surface area (Å²) in [6.07, 6.45) is 3.28. The van der Waals surface area contributed by atoms with E-state index >= 15 is 0 Å². The molecule has 17 heavy (non-hydrogen) atoms. The number of fused-ring (bicyclic) bond motifs is 1. The van der Waals surface area contributed by atoms with Crippen molar-refractivity contribution in [2.75, 3.05) is 20.2 Å². The number of methoxy groups -OCH3 is 1. The highest BCUT2D eigenvalue weighted by Gasteiger charge is 2.07. The molecular weight excluding hydrogens is 212 g/mol. The van der Waals surface area contributed by atoms with Gasteiger partial charge in [-0.2, -0.15) is 0 Å². The van der Waals surface area contributed by atoms with Gasteiger partial charge >= 0.3 is 0 Å². The predicted molar refractivity (Wildman–Crippen MR) is 71.7 cm³/mol. The van der Waals surface area contributed by atoms with Crippen molar-refractivity contribution in [1.29, 1.82) is 0 Å². The first kappa shape index (κ1) is 12.0. The fourth-order valence-corrected chi connectivity index (χ4v) is 2.17. The lowest BCUT2D eigenvalue weighted by Crippen LogP contribution is -2.15. The molecule has 2 rings (SSSR count). The van der Waals surface area contributed by atoms with Gasteiger partial charge in [-0.15, -0.1) is 0 Å². The van der Waals surface area contributed by atoms with Crippen molar-refractivity contribution < 1.29 is 4.74 Å². The number of hydrogen-bond donors (Lipinski definition) is 1. The molecule has 1 aromatic carbocycles. The lowest BCUT2D eigenvalue weighted by atomic mass is 10.1. The summed E-state index contributed by atoms with van der Waals surface area (Å²) in [6, 6.07) is 6.26. The van der Waals surface area contributed by atoms with Crippen molar-refractivity contribution in [2.45, 2.75) is 13.3 Å². The van der Waals surface area contributed by atoms with E-state index in [1.54, 1.807) is 7.11 Å². The Morgan fingerprint density at radius 1 is 1.35 bits per heavy atom. The molecule has 0 aliphatic carbocycles. The molecule has 92 valence electrons. The summed E-state index contributed by atoms with van der Waals surface area (Å²) in [7, 11) is 3.79. The Kier molecular flexibility index (Phi) is 3.69. The molecule has 0 fully saturated rings. The smallest absolute Gasteiger partial charge is 0.120 e. The van der Waals surface area contributed by atoms with Gasteiger partial charge in [-0.1, -0.05) is 6.92 Å². The lowest BCUT2D eigenvalue weighted by Gasteiger charge is -2.02. The van der Waals surface area contributed by atoms with E-state index in [1.807, 2.05) is 6.07 Å². The van der Waals surface area contributed by atoms with Crippen molar-refractivity contribution in [1.82, 2.24) is 9.88 Å². The van der Waals surface area contributed by atoms with E-state index in [9.17, 15) is 0 Å². The van der Waals surface area contributed by atoms with Crippen LogP contribution >= 0.6 is 0 Å². The number of rotatable bonds is 5.